The largest absolute Gasteiger partial charge is 0.416 e. The Morgan fingerprint density at radius 3 is 2.43 bits per heavy atom. The average Bonchev–Trinajstić information content (AvgIpc) is 2.50. The van der Waals surface area contributed by atoms with E-state index in [1.165, 1.54) is 18.2 Å². The van der Waals surface area contributed by atoms with Crippen LogP contribution in [0.1, 0.15) is 22.3 Å². The molecule has 0 saturated heterocycles. The highest BCUT2D eigenvalue weighted by molar-refractivity contribution is 6.08. The quantitative estimate of drug-likeness (QED) is 0.276. The molecule has 0 aromatic heterocycles. The molecule has 122 valence electrons. The number of aryl methyl sites for hydroxylation is 1. The van der Waals surface area contributed by atoms with Gasteiger partial charge in [-0.15, -0.1) is 0 Å². The van der Waals surface area contributed by atoms with Gasteiger partial charge in [0.25, 0.3) is 0 Å². The third-order valence-corrected chi connectivity index (χ3v) is 3.46. The molecule has 2 rings (SSSR count). The zero-order chi connectivity index (χ0) is 17.2. The number of halogens is 4. The van der Waals surface area contributed by atoms with Crippen LogP contribution in [0, 0.1) is 19.7 Å². The molecule has 2 aromatic carbocycles. The van der Waals surface area contributed by atoms with Gasteiger partial charge in [-0.2, -0.15) is 13.2 Å². The number of benzene rings is 2. The van der Waals surface area contributed by atoms with E-state index < -0.39 is 17.6 Å². The van der Waals surface area contributed by atoms with Gasteiger partial charge in [-0.3, -0.25) is 0 Å². The van der Waals surface area contributed by atoms with Gasteiger partial charge in [-0.05, 0) is 49.2 Å². The van der Waals surface area contributed by atoms with E-state index in [1.54, 1.807) is 19.9 Å². The molecule has 0 amide bonds. The number of amidine groups is 1. The predicted molar refractivity (Wildman–Crippen MR) is 79.3 cm³/mol. The van der Waals surface area contributed by atoms with Crippen LogP contribution in [0.25, 0.3) is 0 Å². The molecule has 0 bridgehead atoms. The summed E-state index contributed by atoms with van der Waals surface area (Å²) in [5, 5.41) is 14.6. The van der Waals surface area contributed by atoms with Gasteiger partial charge in [-0.25, -0.2) is 4.39 Å². The van der Waals surface area contributed by atoms with Crippen LogP contribution in [0.2, 0.25) is 0 Å². The van der Waals surface area contributed by atoms with Gasteiger partial charge in [0.1, 0.15) is 5.82 Å². The molecule has 3 nitrogen and oxygen atoms in total. The minimum atomic E-state index is -4.50. The summed E-state index contributed by atoms with van der Waals surface area (Å²) < 4.78 is 52.4. The molecule has 2 aromatic rings. The number of alkyl halides is 3. The van der Waals surface area contributed by atoms with Gasteiger partial charge in [0, 0.05) is 5.69 Å². The van der Waals surface area contributed by atoms with Crippen LogP contribution in [0.15, 0.2) is 41.6 Å². The van der Waals surface area contributed by atoms with Crippen molar-refractivity contribution in [1.29, 1.82) is 0 Å². The molecule has 0 spiro atoms. The second-order valence-corrected chi connectivity index (χ2v) is 5.02. The van der Waals surface area contributed by atoms with Crippen LogP contribution in [-0.4, -0.2) is 11.0 Å². The first-order valence-corrected chi connectivity index (χ1v) is 6.66. The Labute approximate surface area is 130 Å². The van der Waals surface area contributed by atoms with Gasteiger partial charge in [0.2, 0.25) is 0 Å². The summed E-state index contributed by atoms with van der Waals surface area (Å²) in [6.07, 6.45) is -4.50. The fraction of sp³-hybridized carbons (Fsp3) is 0.188. The maximum atomic E-state index is 14.3. The number of anilines is 1. The molecule has 0 fully saturated rings. The normalized spacial score (nSPS) is 12.3. The monoisotopic (exact) mass is 326 g/mol. The van der Waals surface area contributed by atoms with Gasteiger partial charge < -0.3 is 10.5 Å². The van der Waals surface area contributed by atoms with Crippen molar-refractivity contribution in [3.8, 4) is 0 Å². The van der Waals surface area contributed by atoms with Gasteiger partial charge in [0.15, 0.2) is 5.84 Å². The van der Waals surface area contributed by atoms with E-state index >= 15 is 0 Å². The molecular weight excluding hydrogens is 312 g/mol. The second kappa shape index (κ2) is 6.28. The summed E-state index contributed by atoms with van der Waals surface area (Å²) in [6.45, 7) is 3.28. The molecule has 0 aliphatic heterocycles. The summed E-state index contributed by atoms with van der Waals surface area (Å²) >= 11 is 0. The van der Waals surface area contributed by atoms with Gasteiger partial charge in [-0.1, -0.05) is 17.3 Å². The van der Waals surface area contributed by atoms with Crippen LogP contribution >= 0.6 is 0 Å². The Balaban J connectivity index is 2.37. The molecule has 7 heteroatoms. The van der Waals surface area contributed by atoms with Crippen molar-refractivity contribution in [2.45, 2.75) is 20.0 Å². The lowest BCUT2D eigenvalue weighted by molar-refractivity contribution is -0.137. The molecule has 0 saturated carbocycles. The first-order valence-electron chi connectivity index (χ1n) is 6.66. The summed E-state index contributed by atoms with van der Waals surface area (Å²) in [5.74, 6) is -0.873. The zero-order valence-electron chi connectivity index (χ0n) is 12.4. The Kier molecular flexibility index (Phi) is 4.58. The second-order valence-electron chi connectivity index (χ2n) is 5.02. The van der Waals surface area contributed by atoms with E-state index in [0.717, 1.165) is 12.1 Å². The third-order valence-electron chi connectivity index (χ3n) is 3.46. The van der Waals surface area contributed by atoms with Crippen LogP contribution in [0.4, 0.5) is 23.2 Å². The first-order chi connectivity index (χ1) is 10.7. The summed E-state index contributed by atoms with van der Waals surface area (Å²) in [7, 11) is 0. The lowest BCUT2D eigenvalue weighted by Crippen LogP contribution is -2.17. The van der Waals surface area contributed by atoms with Crippen molar-refractivity contribution < 1.29 is 22.8 Å². The van der Waals surface area contributed by atoms with Crippen LogP contribution in [0.5, 0.6) is 0 Å². The van der Waals surface area contributed by atoms with Gasteiger partial charge in [0.05, 0.1) is 11.1 Å². The number of nitrogens with one attached hydrogen (secondary N) is 1. The van der Waals surface area contributed by atoms with E-state index in [1.807, 2.05) is 0 Å². The molecule has 0 heterocycles. The molecule has 2 N–H and O–H groups in total. The molecule has 0 aliphatic carbocycles. The molecule has 0 aliphatic rings. The minimum Gasteiger partial charge on any atom is -0.409 e. The van der Waals surface area contributed by atoms with Crippen molar-refractivity contribution in [2.24, 2.45) is 5.16 Å². The average molecular weight is 326 g/mol. The predicted octanol–water partition coefficient (Wildman–Crippen LogP) is 4.71. The number of hydrogen-bond donors (Lipinski definition) is 2. The van der Waals surface area contributed by atoms with E-state index in [-0.39, 0.29) is 17.1 Å². The van der Waals surface area contributed by atoms with Gasteiger partial charge >= 0.3 is 6.18 Å². The highest BCUT2D eigenvalue weighted by Crippen LogP contribution is 2.31. The SMILES string of the molecule is Cc1ccc(/C(=N/O)Nc2cccc(C(F)(F)F)c2)c(F)c1C. The lowest BCUT2D eigenvalue weighted by Gasteiger charge is -2.13. The molecular formula is C16H14F4N2O. The lowest BCUT2D eigenvalue weighted by atomic mass is 10.0. The molecule has 23 heavy (non-hydrogen) atoms. The molecule has 0 radical (unpaired) electrons. The summed E-state index contributed by atoms with van der Waals surface area (Å²) in [4.78, 5) is 0. The highest BCUT2D eigenvalue weighted by atomic mass is 19.4. The number of oxime groups is 1. The first kappa shape index (κ1) is 16.8. The Hall–Kier alpha value is -2.57. The van der Waals surface area contributed by atoms with Crippen LogP contribution in [0.3, 0.4) is 0 Å². The standard InChI is InChI=1S/C16H14F4N2O/c1-9-6-7-13(14(17)10(9)2)15(22-23)21-12-5-3-4-11(8-12)16(18,19)20/h3-8,23H,1-2H3,(H,21,22). The van der Waals surface area contributed by atoms with E-state index in [0.29, 0.717) is 11.1 Å². The number of nitrogens with zero attached hydrogens (tertiary/aromatic N) is 1. The maximum absolute atomic E-state index is 14.3. The van der Waals surface area contributed by atoms with Crippen molar-refractivity contribution in [1.82, 2.24) is 0 Å². The van der Waals surface area contributed by atoms with E-state index in [9.17, 15) is 17.6 Å². The van der Waals surface area contributed by atoms with Crippen molar-refractivity contribution in [3.05, 3.63) is 64.5 Å². The molecule has 0 atom stereocenters. The highest BCUT2D eigenvalue weighted by Gasteiger charge is 2.30. The zero-order valence-corrected chi connectivity index (χ0v) is 12.4. The van der Waals surface area contributed by atoms with E-state index in [4.69, 9.17) is 5.21 Å². The third kappa shape index (κ3) is 3.61. The summed E-state index contributed by atoms with van der Waals surface area (Å²) in [5.41, 5.74) is 0.218. The van der Waals surface area contributed by atoms with Crippen LogP contribution in [-0.2, 0) is 6.18 Å². The number of hydrogen-bond acceptors (Lipinski definition) is 2. The molecule has 0 unspecified atom stereocenters. The van der Waals surface area contributed by atoms with Crippen LogP contribution < -0.4 is 5.32 Å². The minimum absolute atomic E-state index is 0.0326. The van der Waals surface area contributed by atoms with E-state index in [2.05, 4.69) is 10.5 Å². The Morgan fingerprint density at radius 2 is 1.83 bits per heavy atom. The Morgan fingerprint density at radius 1 is 1.13 bits per heavy atom. The smallest absolute Gasteiger partial charge is 0.409 e. The van der Waals surface area contributed by atoms with Crippen molar-refractivity contribution >= 4 is 11.5 Å². The topological polar surface area (TPSA) is 44.6 Å². The fourth-order valence-corrected chi connectivity index (χ4v) is 2.02. The Bertz CT molecular complexity index is 754. The maximum Gasteiger partial charge on any atom is 0.416 e. The van der Waals surface area contributed by atoms with Crippen molar-refractivity contribution in [3.63, 3.8) is 0 Å². The number of rotatable bonds is 2. The summed E-state index contributed by atoms with van der Waals surface area (Å²) in [6, 6.07) is 7.36. The van der Waals surface area contributed by atoms with Crippen molar-refractivity contribution in [2.75, 3.05) is 5.32 Å². The fourth-order valence-electron chi connectivity index (χ4n) is 2.02.